The Balaban J connectivity index is 2.13. The van der Waals surface area contributed by atoms with Crippen molar-refractivity contribution in [2.24, 2.45) is 5.92 Å². The fourth-order valence-electron chi connectivity index (χ4n) is 1.93. The summed E-state index contributed by atoms with van der Waals surface area (Å²) < 4.78 is 0. The van der Waals surface area contributed by atoms with E-state index in [-0.39, 0.29) is 5.92 Å². The van der Waals surface area contributed by atoms with E-state index in [9.17, 15) is 4.79 Å². The maximum atomic E-state index is 11.4. The van der Waals surface area contributed by atoms with Crippen LogP contribution in [-0.4, -0.2) is 5.78 Å². The van der Waals surface area contributed by atoms with Gasteiger partial charge >= 0.3 is 0 Å². The van der Waals surface area contributed by atoms with Crippen molar-refractivity contribution in [3.05, 3.63) is 34.9 Å². The van der Waals surface area contributed by atoms with Crippen LogP contribution < -0.4 is 0 Å². The summed E-state index contributed by atoms with van der Waals surface area (Å²) >= 11 is 6.06. The second-order valence-electron chi connectivity index (χ2n) is 3.79. The van der Waals surface area contributed by atoms with Gasteiger partial charge in [0, 0.05) is 17.4 Å². The van der Waals surface area contributed by atoms with E-state index in [1.165, 1.54) is 0 Å². The van der Waals surface area contributed by atoms with Crippen LogP contribution in [0, 0.1) is 5.92 Å². The van der Waals surface area contributed by atoms with Crippen molar-refractivity contribution >= 4 is 17.4 Å². The first-order valence-electron chi connectivity index (χ1n) is 5.01. The molecule has 0 saturated heterocycles. The molecule has 74 valence electrons. The third-order valence-corrected chi connectivity index (χ3v) is 3.20. The number of Topliss-reactive ketones (excluding diaryl/α,β-unsaturated/α-hetero) is 1. The minimum absolute atomic E-state index is 0.236. The number of rotatable bonds is 3. The average molecular weight is 209 g/mol. The average Bonchev–Trinajstić information content (AvgIpc) is 2.97. The largest absolute Gasteiger partial charge is 0.299 e. The van der Waals surface area contributed by atoms with Crippen LogP contribution in [0.5, 0.6) is 0 Å². The summed E-state index contributed by atoms with van der Waals surface area (Å²) in [6.07, 6.45) is 1.63. The third kappa shape index (κ3) is 1.69. The summed E-state index contributed by atoms with van der Waals surface area (Å²) in [5, 5.41) is 0.795. The Hall–Kier alpha value is -0.820. The molecule has 0 radical (unpaired) electrons. The number of hydrogen-bond acceptors (Lipinski definition) is 1. The molecule has 0 aliphatic heterocycles. The molecular formula is C12H13ClO. The Morgan fingerprint density at radius 1 is 1.50 bits per heavy atom. The summed E-state index contributed by atoms with van der Waals surface area (Å²) in [6.45, 7) is 1.92. The van der Waals surface area contributed by atoms with Crippen LogP contribution in [0.1, 0.15) is 31.2 Å². The van der Waals surface area contributed by atoms with E-state index in [1.807, 2.05) is 31.2 Å². The summed E-state index contributed by atoms with van der Waals surface area (Å²) in [5.74, 6) is 0.992. The number of ketones is 1. The van der Waals surface area contributed by atoms with Crippen molar-refractivity contribution in [2.75, 3.05) is 0 Å². The lowest BCUT2D eigenvalue weighted by molar-refractivity contribution is -0.120. The topological polar surface area (TPSA) is 17.1 Å². The van der Waals surface area contributed by atoms with Gasteiger partial charge in [-0.15, -0.1) is 0 Å². The standard InChI is InChI=1S/C12H13ClO/c1-2-12(14)10-7-9(10)8-5-3-4-6-11(8)13/h3-6,9-10H,2,7H2,1H3. The minimum Gasteiger partial charge on any atom is -0.299 e. The van der Waals surface area contributed by atoms with E-state index in [1.54, 1.807) is 0 Å². The van der Waals surface area contributed by atoms with Gasteiger partial charge in [-0.2, -0.15) is 0 Å². The van der Waals surface area contributed by atoms with Crippen molar-refractivity contribution in [1.82, 2.24) is 0 Å². The molecule has 1 saturated carbocycles. The second kappa shape index (κ2) is 3.74. The molecule has 1 fully saturated rings. The summed E-state index contributed by atoms with van der Waals surface area (Å²) in [5.41, 5.74) is 1.14. The van der Waals surface area contributed by atoms with E-state index < -0.39 is 0 Å². The Morgan fingerprint density at radius 2 is 2.21 bits per heavy atom. The maximum Gasteiger partial charge on any atom is 0.136 e. The summed E-state index contributed by atoms with van der Waals surface area (Å²) in [4.78, 5) is 11.4. The van der Waals surface area contributed by atoms with Crippen LogP contribution in [0.2, 0.25) is 5.02 Å². The Labute approximate surface area is 89.1 Å². The Bertz CT molecular complexity index is 359. The monoisotopic (exact) mass is 208 g/mol. The van der Waals surface area contributed by atoms with Gasteiger partial charge in [-0.3, -0.25) is 4.79 Å². The number of benzene rings is 1. The van der Waals surface area contributed by atoms with Crippen molar-refractivity contribution in [1.29, 1.82) is 0 Å². The van der Waals surface area contributed by atoms with Gasteiger partial charge in [0.25, 0.3) is 0 Å². The normalized spacial score (nSPS) is 24.7. The fourth-order valence-corrected chi connectivity index (χ4v) is 2.21. The zero-order valence-corrected chi connectivity index (χ0v) is 8.92. The molecular weight excluding hydrogens is 196 g/mol. The maximum absolute atomic E-state index is 11.4. The molecule has 2 atom stereocenters. The third-order valence-electron chi connectivity index (χ3n) is 2.86. The molecule has 1 aliphatic carbocycles. The SMILES string of the molecule is CCC(=O)C1CC1c1ccccc1Cl. The van der Waals surface area contributed by atoms with Crippen LogP contribution in [0.25, 0.3) is 0 Å². The zero-order valence-electron chi connectivity index (χ0n) is 8.16. The highest BCUT2D eigenvalue weighted by atomic mass is 35.5. The van der Waals surface area contributed by atoms with Crippen LogP contribution >= 0.6 is 11.6 Å². The van der Waals surface area contributed by atoms with Crippen molar-refractivity contribution in [3.8, 4) is 0 Å². The van der Waals surface area contributed by atoms with E-state index in [0.717, 1.165) is 17.0 Å². The lowest BCUT2D eigenvalue weighted by Crippen LogP contribution is -1.99. The molecule has 0 bridgehead atoms. The van der Waals surface area contributed by atoms with Gasteiger partial charge in [0.05, 0.1) is 0 Å². The fraction of sp³-hybridized carbons (Fsp3) is 0.417. The summed E-state index contributed by atoms with van der Waals surface area (Å²) in [6, 6.07) is 7.82. The molecule has 1 aromatic carbocycles. The van der Waals surface area contributed by atoms with Crippen molar-refractivity contribution in [3.63, 3.8) is 0 Å². The molecule has 1 aromatic rings. The molecule has 2 heteroatoms. The highest BCUT2D eigenvalue weighted by molar-refractivity contribution is 6.31. The van der Waals surface area contributed by atoms with Crippen molar-refractivity contribution < 1.29 is 4.79 Å². The lowest BCUT2D eigenvalue weighted by atomic mass is 10.1. The molecule has 0 amide bonds. The van der Waals surface area contributed by atoms with Gasteiger partial charge in [0.2, 0.25) is 0 Å². The molecule has 2 rings (SSSR count). The highest BCUT2D eigenvalue weighted by Gasteiger charge is 2.43. The lowest BCUT2D eigenvalue weighted by Gasteiger charge is -2.01. The van der Waals surface area contributed by atoms with E-state index >= 15 is 0 Å². The van der Waals surface area contributed by atoms with Gasteiger partial charge < -0.3 is 0 Å². The molecule has 0 heterocycles. The molecule has 0 N–H and O–H groups in total. The number of halogens is 1. The number of hydrogen-bond donors (Lipinski definition) is 0. The van der Waals surface area contributed by atoms with Crippen molar-refractivity contribution in [2.45, 2.75) is 25.7 Å². The molecule has 1 nitrogen and oxygen atoms in total. The van der Waals surface area contributed by atoms with Gasteiger partial charge in [-0.1, -0.05) is 36.7 Å². The first-order valence-corrected chi connectivity index (χ1v) is 5.39. The van der Waals surface area contributed by atoms with Crippen LogP contribution in [0.15, 0.2) is 24.3 Å². The smallest absolute Gasteiger partial charge is 0.136 e. The molecule has 2 unspecified atom stereocenters. The van der Waals surface area contributed by atoms with Gasteiger partial charge in [0.1, 0.15) is 5.78 Å². The minimum atomic E-state index is 0.236. The quantitative estimate of drug-likeness (QED) is 0.744. The predicted molar refractivity (Wildman–Crippen MR) is 57.6 cm³/mol. The first-order chi connectivity index (χ1) is 6.74. The van der Waals surface area contributed by atoms with Gasteiger partial charge in [-0.25, -0.2) is 0 Å². The first kappa shape index (κ1) is 9.72. The predicted octanol–water partition coefficient (Wildman–Crippen LogP) is 3.42. The molecule has 0 spiro atoms. The van der Waals surface area contributed by atoms with E-state index in [0.29, 0.717) is 18.1 Å². The highest BCUT2D eigenvalue weighted by Crippen LogP contribution is 2.50. The Morgan fingerprint density at radius 3 is 2.86 bits per heavy atom. The number of carbonyl (C=O) groups excluding carboxylic acids is 1. The molecule has 14 heavy (non-hydrogen) atoms. The summed E-state index contributed by atoms with van der Waals surface area (Å²) in [7, 11) is 0. The van der Waals surface area contributed by atoms with E-state index in [4.69, 9.17) is 11.6 Å². The van der Waals surface area contributed by atoms with E-state index in [2.05, 4.69) is 0 Å². The second-order valence-corrected chi connectivity index (χ2v) is 4.20. The molecule has 0 aromatic heterocycles. The van der Waals surface area contributed by atoms with Gasteiger partial charge in [-0.05, 0) is 24.0 Å². The van der Waals surface area contributed by atoms with Crippen LogP contribution in [0.4, 0.5) is 0 Å². The Kier molecular flexibility index (Phi) is 2.60. The van der Waals surface area contributed by atoms with Crippen LogP contribution in [-0.2, 0) is 4.79 Å². The molecule has 1 aliphatic rings. The number of carbonyl (C=O) groups is 1. The van der Waals surface area contributed by atoms with Crippen LogP contribution in [0.3, 0.4) is 0 Å². The van der Waals surface area contributed by atoms with Gasteiger partial charge in [0.15, 0.2) is 0 Å². The zero-order chi connectivity index (χ0) is 10.1.